The highest BCUT2D eigenvalue weighted by atomic mass is 16.7. The molecule has 0 amide bonds. The number of benzene rings is 1. The van der Waals surface area contributed by atoms with Crippen molar-refractivity contribution in [3.63, 3.8) is 0 Å². The molecule has 0 spiro atoms. The number of fused-ring (bicyclic) bond motifs is 1. The van der Waals surface area contributed by atoms with Gasteiger partial charge in [-0.3, -0.25) is 0 Å². The number of hydrogen-bond acceptors (Lipinski definition) is 5. The predicted octanol–water partition coefficient (Wildman–Crippen LogP) is 2.12. The number of ether oxygens (including phenoxy) is 2. The summed E-state index contributed by atoms with van der Waals surface area (Å²) in [5.41, 5.74) is 0.825. The molecule has 108 valence electrons. The Morgan fingerprint density at radius 1 is 1.25 bits per heavy atom. The Morgan fingerprint density at radius 3 is 2.95 bits per heavy atom. The first-order chi connectivity index (χ1) is 9.81. The van der Waals surface area contributed by atoms with Gasteiger partial charge in [0.15, 0.2) is 11.5 Å². The summed E-state index contributed by atoms with van der Waals surface area (Å²) >= 11 is 0. The molecule has 1 aromatic rings. The first kappa shape index (κ1) is 14.6. The molecule has 20 heavy (non-hydrogen) atoms. The van der Waals surface area contributed by atoms with Crippen LogP contribution in [0.1, 0.15) is 37.4 Å². The average molecular weight is 276 g/mol. The summed E-state index contributed by atoms with van der Waals surface area (Å²) in [5.74, 6) is 1.42. The number of aliphatic hydroxyl groups excluding tert-OH is 1. The third-order valence-electron chi connectivity index (χ3n) is 3.26. The normalized spacial score (nSPS) is 14.0. The van der Waals surface area contributed by atoms with E-state index in [-0.39, 0.29) is 6.79 Å². The van der Waals surface area contributed by atoms with Crippen LogP contribution in [-0.2, 0) is 0 Å². The fraction of sp³-hybridized carbons (Fsp3) is 0.533. The maximum absolute atomic E-state index is 10.1. The van der Waals surface area contributed by atoms with Gasteiger partial charge in [-0.15, -0.1) is 0 Å². The highest BCUT2D eigenvalue weighted by Crippen LogP contribution is 2.33. The minimum Gasteiger partial charge on any atom is -0.454 e. The van der Waals surface area contributed by atoms with Crippen molar-refractivity contribution in [2.75, 3.05) is 19.9 Å². The number of nitriles is 1. The van der Waals surface area contributed by atoms with Gasteiger partial charge < -0.3 is 19.9 Å². The summed E-state index contributed by atoms with van der Waals surface area (Å²) in [5, 5.41) is 21.7. The zero-order valence-electron chi connectivity index (χ0n) is 11.5. The molecule has 1 aliphatic heterocycles. The van der Waals surface area contributed by atoms with E-state index < -0.39 is 6.10 Å². The van der Waals surface area contributed by atoms with E-state index >= 15 is 0 Å². The summed E-state index contributed by atoms with van der Waals surface area (Å²) in [4.78, 5) is 0. The molecule has 0 bridgehead atoms. The Kier molecular flexibility index (Phi) is 5.66. The van der Waals surface area contributed by atoms with E-state index in [2.05, 4.69) is 11.4 Å². The lowest BCUT2D eigenvalue weighted by molar-refractivity contribution is 0.170. The number of hydrogen-bond donors (Lipinski definition) is 2. The second-order valence-electron chi connectivity index (χ2n) is 4.80. The number of nitrogens with zero attached hydrogens (tertiary/aromatic N) is 1. The lowest BCUT2D eigenvalue weighted by Gasteiger charge is -2.12. The molecule has 0 saturated heterocycles. The number of nitrogens with one attached hydrogen (secondary N) is 1. The molecule has 5 nitrogen and oxygen atoms in total. The van der Waals surface area contributed by atoms with Crippen molar-refractivity contribution in [3.05, 3.63) is 23.8 Å². The molecule has 1 aliphatic rings. The minimum atomic E-state index is -0.552. The highest BCUT2D eigenvalue weighted by molar-refractivity contribution is 5.45. The van der Waals surface area contributed by atoms with E-state index in [4.69, 9.17) is 14.7 Å². The molecule has 2 N–H and O–H groups in total. The van der Waals surface area contributed by atoms with Gasteiger partial charge >= 0.3 is 0 Å². The van der Waals surface area contributed by atoms with Crippen LogP contribution in [-0.4, -0.2) is 25.0 Å². The van der Waals surface area contributed by atoms with Crippen LogP contribution >= 0.6 is 0 Å². The maximum atomic E-state index is 10.1. The monoisotopic (exact) mass is 276 g/mol. The molecule has 0 aromatic heterocycles. The van der Waals surface area contributed by atoms with Gasteiger partial charge in [0.05, 0.1) is 12.2 Å². The Balaban J connectivity index is 1.67. The van der Waals surface area contributed by atoms with Gasteiger partial charge in [0.1, 0.15) is 0 Å². The molecule has 2 rings (SSSR count). The van der Waals surface area contributed by atoms with Crippen molar-refractivity contribution in [2.24, 2.45) is 0 Å². The van der Waals surface area contributed by atoms with Crippen LogP contribution in [0, 0.1) is 11.3 Å². The van der Waals surface area contributed by atoms with Crippen LogP contribution in [0.15, 0.2) is 18.2 Å². The van der Waals surface area contributed by atoms with E-state index in [0.717, 1.165) is 37.1 Å². The first-order valence-electron chi connectivity index (χ1n) is 6.96. The fourth-order valence-corrected chi connectivity index (χ4v) is 2.11. The van der Waals surface area contributed by atoms with Crippen molar-refractivity contribution < 1.29 is 14.6 Å². The van der Waals surface area contributed by atoms with E-state index in [0.29, 0.717) is 18.7 Å². The lowest BCUT2D eigenvalue weighted by atomic mass is 10.1. The van der Waals surface area contributed by atoms with Gasteiger partial charge in [0.25, 0.3) is 0 Å². The molecular weight excluding hydrogens is 256 g/mol. The molecule has 5 heteroatoms. The molecule has 0 radical (unpaired) electrons. The molecule has 0 aliphatic carbocycles. The van der Waals surface area contributed by atoms with E-state index in [9.17, 15) is 5.11 Å². The second kappa shape index (κ2) is 7.73. The standard InChI is InChI=1S/C15H20N2O3/c16-7-3-1-2-4-8-17-10-13(18)12-5-6-14-15(9-12)20-11-19-14/h5-6,9,13,17-18H,1-4,8,10-11H2. The van der Waals surface area contributed by atoms with Crippen LogP contribution < -0.4 is 14.8 Å². The smallest absolute Gasteiger partial charge is 0.231 e. The molecule has 1 unspecified atom stereocenters. The van der Waals surface area contributed by atoms with Gasteiger partial charge in [-0.05, 0) is 37.1 Å². The number of rotatable bonds is 8. The molecule has 1 atom stereocenters. The van der Waals surface area contributed by atoms with Crippen molar-refractivity contribution in [2.45, 2.75) is 31.8 Å². The van der Waals surface area contributed by atoms with E-state index in [1.807, 2.05) is 18.2 Å². The maximum Gasteiger partial charge on any atom is 0.231 e. The Morgan fingerprint density at radius 2 is 2.10 bits per heavy atom. The molecule has 0 saturated carbocycles. The largest absolute Gasteiger partial charge is 0.454 e. The van der Waals surface area contributed by atoms with Crippen LogP contribution in [0.2, 0.25) is 0 Å². The third-order valence-corrected chi connectivity index (χ3v) is 3.26. The van der Waals surface area contributed by atoms with Crippen molar-refractivity contribution in [3.8, 4) is 17.6 Å². The molecular formula is C15H20N2O3. The third kappa shape index (κ3) is 4.12. The van der Waals surface area contributed by atoms with E-state index in [1.54, 1.807) is 0 Å². The van der Waals surface area contributed by atoms with Crippen LogP contribution in [0.25, 0.3) is 0 Å². The number of aliphatic hydroxyl groups is 1. The van der Waals surface area contributed by atoms with Crippen LogP contribution in [0.3, 0.4) is 0 Å². The second-order valence-corrected chi connectivity index (χ2v) is 4.80. The van der Waals surface area contributed by atoms with Gasteiger partial charge in [0, 0.05) is 13.0 Å². The average Bonchev–Trinajstić information content (AvgIpc) is 2.93. The quantitative estimate of drug-likeness (QED) is 0.711. The summed E-state index contributed by atoms with van der Waals surface area (Å²) in [7, 11) is 0. The van der Waals surface area contributed by atoms with Gasteiger partial charge in [0.2, 0.25) is 6.79 Å². The summed E-state index contributed by atoms with van der Waals surface area (Å²) in [6.07, 6.45) is 3.09. The summed E-state index contributed by atoms with van der Waals surface area (Å²) in [6, 6.07) is 7.63. The van der Waals surface area contributed by atoms with Crippen LogP contribution in [0.4, 0.5) is 0 Å². The van der Waals surface area contributed by atoms with Crippen molar-refractivity contribution in [1.29, 1.82) is 5.26 Å². The Bertz CT molecular complexity index is 471. The molecule has 0 fully saturated rings. The Hall–Kier alpha value is -1.77. The lowest BCUT2D eigenvalue weighted by Crippen LogP contribution is -2.22. The van der Waals surface area contributed by atoms with Gasteiger partial charge in [-0.2, -0.15) is 5.26 Å². The van der Waals surface area contributed by atoms with Gasteiger partial charge in [-0.25, -0.2) is 0 Å². The topological polar surface area (TPSA) is 74.5 Å². The van der Waals surface area contributed by atoms with Crippen molar-refractivity contribution >= 4 is 0 Å². The number of unbranched alkanes of at least 4 members (excludes halogenated alkanes) is 3. The summed E-state index contributed by atoms with van der Waals surface area (Å²) < 4.78 is 10.5. The summed E-state index contributed by atoms with van der Waals surface area (Å²) in [6.45, 7) is 1.61. The van der Waals surface area contributed by atoms with Gasteiger partial charge in [-0.1, -0.05) is 12.5 Å². The Labute approximate surface area is 119 Å². The zero-order valence-corrected chi connectivity index (χ0v) is 11.5. The molecule has 1 heterocycles. The highest BCUT2D eigenvalue weighted by Gasteiger charge is 2.16. The zero-order chi connectivity index (χ0) is 14.2. The van der Waals surface area contributed by atoms with E-state index in [1.165, 1.54) is 0 Å². The SMILES string of the molecule is N#CCCCCCNCC(O)c1ccc2c(c1)OCO2. The molecule has 1 aromatic carbocycles. The minimum absolute atomic E-state index is 0.246. The van der Waals surface area contributed by atoms with Crippen LogP contribution in [0.5, 0.6) is 11.5 Å². The predicted molar refractivity (Wildman–Crippen MR) is 74.5 cm³/mol. The van der Waals surface area contributed by atoms with Crippen molar-refractivity contribution in [1.82, 2.24) is 5.32 Å². The first-order valence-corrected chi connectivity index (χ1v) is 6.96. The fourth-order valence-electron chi connectivity index (χ4n) is 2.11.